The Balaban J connectivity index is 2.49. The van der Waals surface area contributed by atoms with Gasteiger partial charge in [-0.2, -0.15) is 0 Å². The van der Waals surface area contributed by atoms with Gasteiger partial charge in [-0.3, -0.25) is 0 Å². The number of halogens is 2. The zero-order valence-corrected chi connectivity index (χ0v) is 10.9. The van der Waals surface area contributed by atoms with Crippen molar-refractivity contribution < 1.29 is 9.50 Å². The van der Waals surface area contributed by atoms with E-state index in [0.717, 1.165) is 15.9 Å². The number of benzene rings is 1. The molecule has 1 aromatic heterocycles. The summed E-state index contributed by atoms with van der Waals surface area (Å²) in [5.41, 5.74) is 1.49. The number of aliphatic hydroxyl groups excluding tert-OH is 1. The van der Waals surface area contributed by atoms with Gasteiger partial charge in [0.2, 0.25) is 0 Å². The normalized spacial score (nSPS) is 10.8. The van der Waals surface area contributed by atoms with Crippen LogP contribution in [0.25, 0.3) is 11.4 Å². The number of nitrogens with zero attached hydrogens (tertiary/aromatic N) is 2. The van der Waals surface area contributed by atoms with Gasteiger partial charge in [-0.15, -0.1) is 0 Å². The Bertz CT molecular complexity index is 539. The summed E-state index contributed by atoms with van der Waals surface area (Å²) in [5, 5.41) is 8.93. The van der Waals surface area contributed by atoms with Gasteiger partial charge in [-0.1, -0.05) is 12.1 Å². The standard InChI is InChI=1S/C12H12BrFN2O/c1-16-11(13)10(5-6-17)15-12(16)8-3-2-4-9(14)7-8/h2-4,7,17H,5-6H2,1H3. The van der Waals surface area contributed by atoms with Gasteiger partial charge in [0.1, 0.15) is 16.2 Å². The first-order valence-electron chi connectivity index (χ1n) is 5.21. The summed E-state index contributed by atoms with van der Waals surface area (Å²) in [6, 6.07) is 6.30. The summed E-state index contributed by atoms with van der Waals surface area (Å²) in [6.07, 6.45) is 0.476. The van der Waals surface area contributed by atoms with E-state index in [1.807, 2.05) is 11.6 Å². The summed E-state index contributed by atoms with van der Waals surface area (Å²) >= 11 is 3.41. The fourth-order valence-corrected chi connectivity index (χ4v) is 2.14. The lowest BCUT2D eigenvalue weighted by atomic mass is 10.2. The summed E-state index contributed by atoms with van der Waals surface area (Å²) in [5.74, 6) is 0.394. The van der Waals surface area contributed by atoms with Gasteiger partial charge in [0.05, 0.1) is 5.69 Å². The molecule has 0 unspecified atom stereocenters. The molecular weight excluding hydrogens is 287 g/mol. The number of aromatic nitrogens is 2. The lowest BCUT2D eigenvalue weighted by Crippen LogP contribution is -1.93. The van der Waals surface area contributed by atoms with Crippen molar-refractivity contribution in [3.63, 3.8) is 0 Å². The molecule has 0 saturated carbocycles. The maximum Gasteiger partial charge on any atom is 0.140 e. The Labute approximate surface area is 107 Å². The van der Waals surface area contributed by atoms with Crippen LogP contribution in [0, 0.1) is 5.82 Å². The molecule has 0 radical (unpaired) electrons. The second-order valence-electron chi connectivity index (χ2n) is 3.72. The van der Waals surface area contributed by atoms with E-state index in [0.29, 0.717) is 12.2 Å². The Kier molecular flexibility index (Phi) is 3.59. The van der Waals surface area contributed by atoms with Gasteiger partial charge in [-0.05, 0) is 28.1 Å². The van der Waals surface area contributed by atoms with E-state index in [2.05, 4.69) is 20.9 Å². The maximum absolute atomic E-state index is 13.2. The molecule has 0 amide bonds. The highest BCUT2D eigenvalue weighted by atomic mass is 79.9. The fraction of sp³-hybridized carbons (Fsp3) is 0.250. The molecule has 3 nitrogen and oxygen atoms in total. The molecule has 0 saturated heterocycles. The first-order chi connectivity index (χ1) is 8.13. The number of imidazole rings is 1. The molecule has 1 heterocycles. The second-order valence-corrected chi connectivity index (χ2v) is 4.47. The van der Waals surface area contributed by atoms with Crippen molar-refractivity contribution in [1.29, 1.82) is 0 Å². The zero-order valence-electron chi connectivity index (χ0n) is 9.32. The second kappa shape index (κ2) is 4.98. The van der Waals surface area contributed by atoms with Gasteiger partial charge in [0.15, 0.2) is 0 Å². The monoisotopic (exact) mass is 298 g/mol. The summed E-state index contributed by atoms with van der Waals surface area (Å²) in [4.78, 5) is 4.40. The summed E-state index contributed by atoms with van der Waals surface area (Å²) in [6.45, 7) is 0.0399. The van der Waals surface area contributed by atoms with Crippen LogP contribution < -0.4 is 0 Å². The summed E-state index contributed by atoms with van der Waals surface area (Å²) in [7, 11) is 1.85. The third-order valence-corrected chi connectivity index (χ3v) is 3.51. The van der Waals surface area contributed by atoms with Crippen molar-refractivity contribution in [1.82, 2.24) is 9.55 Å². The molecule has 17 heavy (non-hydrogen) atoms. The highest BCUT2D eigenvalue weighted by molar-refractivity contribution is 9.10. The van der Waals surface area contributed by atoms with Crippen molar-refractivity contribution >= 4 is 15.9 Å². The Hall–Kier alpha value is -1.20. The highest BCUT2D eigenvalue weighted by Crippen LogP contribution is 2.25. The first-order valence-corrected chi connectivity index (χ1v) is 6.00. The van der Waals surface area contributed by atoms with Crippen LogP contribution >= 0.6 is 15.9 Å². The van der Waals surface area contributed by atoms with Gasteiger partial charge < -0.3 is 9.67 Å². The molecule has 5 heteroatoms. The largest absolute Gasteiger partial charge is 0.396 e. The predicted molar refractivity (Wildman–Crippen MR) is 67.1 cm³/mol. The van der Waals surface area contributed by atoms with E-state index in [1.54, 1.807) is 12.1 Å². The van der Waals surface area contributed by atoms with Crippen LogP contribution in [0.2, 0.25) is 0 Å². The number of hydrogen-bond donors (Lipinski definition) is 1. The van der Waals surface area contributed by atoms with Crippen LogP contribution in [0.3, 0.4) is 0 Å². The Morgan fingerprint density at radius 2 is 2.24 bits per heavy atom. The van der Waals surface area contributed by atoms with Crippen molar-refractivity contribution in [2.75, 3.05) is 6.61 Å². The molecule has 0 spiro atoms. The number of aliphatic hydroxyl groups is 1. The molecule has 1 N–H and O–H groups in total. The number of rotatable bonds is 3. The zero-order chi connectivity index (χ0) is 12.4. The molecule has 0 bridgehead atoms. The lowest BCUT2D eigenvalue weighted by molar-refractivity contribution is 0.298. The van der Waals surface area contributed by atoms with Crippen LogP contribution in [0.4, 0.5) is 4.39 Å². The average molecular weight is 299 g/mol. The molecule has 0 aliphatic carbocycles. The molecular formula is C12H12BrFN2O. The Morgan fingerprint density at radius 1 is 1.47 bits per heavy atom. The fourth-order valence-electron chi connectivity index (χ4n) is 1.69. The van der Waals surface area contributed by atoms with Crippen molar-refractivity contribution in [2.24, 2.45) is 7.05 Å². The van der Waals surface area contributed by atoms with E-state index < -0.39 is 0 Å². The van der Waals surface area contributed by atoms with Gasteiger partial charge in [-0.25, -0.2) is 9.37 Å². The van der Waals surface area contributed by atoms with Crippen LogP contribution in [0.5, 0.6) is 0 Å². The van der Waals surface area contributed by atoms with Crippen molar-refractivity contribution in [3.05, 3.63) is 40.4 Å². The van der Waals surface area contributed by atoms with Crippen LogP contribution in [-0.2, 0) is 13.5 Å². The predicted octanol–water partition coefficient (Wildman–Crippen LogP) is 2.52. The smallest absolute Gasteiger partial charge is 0.140 e. The van der Waals surface area contributed by atoms with E-state index in [1.165, 1.54) is 12.1 Å². The molecule has 0 aliphatic heterocycles. The first kappa shape index (κ1) is 12.3. The lowest BCUT2D eigenvalue weighted by Gasteiger charge is -2.02. The van der Waals surface area contributed by atoms with E-state index in [4.69, 9.17) is 5.11 Å². The van der Waals surface area contributed by atoms with Gasteiger partial charge in [0.25, 0.3) is 0 Å². The van der Waals surface area contributed by atoms with Gasteiger partial charge in [0, 0.05) is 25.6 Å². The topological polar surface area (TPSA) is 38.0 Å². The Morgan fingerprint density at radius 3 is 2.88 bits per heavy atom. The molecule has 0 fully saturated rings. The molecule has 90 valence electrons. The molecule has 2 rings (SSSR count). The molecule has 0 aliphatic rings. The van der Waals surface area contributed by atoms with Crippen LogP contribution in [0.1, 0.15) is 5.69 Å². The van der Waals surface area contributed by atoms with Crippen LogP contribution in [0.15, 0.2) is 28.9 Å². The van der Waals surface area contributed by atoms with E-state index in [9.17, 15) is 4.39 Å². The molecule has 1 aromatic carbocycles. The third kappa shape index (κ3) is 2.40. The SMILES string of the molecule is Cn1c(-c2cccc(F)c2)nc(CCO)c1Br. The van der Waals surface area contributed by atoms with Crippen LogP contribution in [-0.4, -0.2) is 21.3 Å². The minimum Gasteiger partial charge on any atom is -0.396 e. The van der Waals surface area contributed by atoms with E-state index in [-0.39, 0.29) is 12.4 Å². The average Bonchev–Trinajstić information content (AvgIpc) is 2.58. The molecule has 2 aromatic rings. The van der Waals surface area contributed by atoms with Crippen molar-refractivity contribution in [3.8, 4) is 11.4 Å². The minimum atomic E-state index is -0.287. The highest BCUT2D eigenvalue weighted by Gasteiger charge is 2.13. The third-order valence-electron chi connectivity index (χ3n) is 2.52. The number of hydrogen-bond acceptors (Lipinski definition) is 2. The minimum absolute atomic E-state index is 0.0399. The quantitative estimate of drug-likeness (QED) is 0.945. The maximum atomic E-state index is 13.2. The van der Waals surface area contributed by atoms with Gasteiger partial charge >= 0.3 is 0 Å². The van der Waals surface area contributed by atoms with Crippen molar-refractivity contribution in [2.45, 2.75) is 6.42 Å². The summed E-state index contributed by atoms with van der Waals surface area (Å²) < 4.78 is 15.8. The van der Waals surface area contributed by atoms with E-state index >= 15 is 0 Å². The molecule has 0 atom stereocenters.